The van der Waals surface area contributed by atoms with Crippen LogP contribution in [0.25, 0.3) is 0 Å². The molecule has 1 aromatic carbocycles. The van der Waals surface area contributed by atoms with Gasteiger partial charge in [0.2, 0.25) is 5.91 Å². The molecule has 4 N–H and O–H groups in total. The maximum atomic E-state index is 14.2. The minimum Gasteiger partial charge on any atom is -0.345 e. The van der Waals surface area contributed by atoms with Crippen LogP contribution in [-0.2, 0) is 11.2 Å². The van der Waals surface area contributed by atoms with Gasteiger partial charge in [-0.1, -0.05) is 0 Å². The lowest BCUT2D eigenvalue weighted by molar-refractivity contribution is -0.116. The van der Waals surface area contributed by atoms with Gasteiger partial charge in [0.15, 0.2) is 0 Å². The van der Waals surface area contributed by atoms with Gasteiger partial charge in [0.1, 0.15) is 5.82 Å². The Morgan fingerprint density at radius 1 is 1.43 bits per heavy atom. The van der Waals surface area contributed by atoms with E-state index in [1.54, 1.807) is 0 Å². The number of benzene rings is 1. The largest absolute Gasteiger partial charge is 0.345 e. The Hall–Kier alpha value is -1.66. The van der Waals surface area contributed by atoms with Crippen molar-refractivity contribution >= 4 is 29.9 Å². The van der Waals surface area contributed by atoms with E-state index in [1.165, 1.54) is 12.1 Å². The molecule has 1 saturated carbocycles. The lowest BCUT2D eigenvalue weighted by atomic mass is 9.94. The summed E-state index contributed by atoms with van der Waals surface area (Å²) in [5.74, 6) is -0.847. The highest BCUT2D eigenvalue weighted by atomic mass is 35.5. The molecule has 126 valence electrons. The van der Waals surface area contributed by atoms with Crippen molar-refractivity contribution in [2.75, 3.05) is 11.9 Å². The highest BCUT2D eigenvalue weighted by molar-refractivity contribution is 5.98. The first-order chi connectivity index (χ1) is 10.4. The van der Waals surface area contributed by atoms with E-state index in [9.17, 15) is 14.0 Å². The molecule has 0 radical (unpaired) electrons. The van der Waals surface area contributed by atoms with Crippen molar-refractivity contribution in [3.63, 3.8) is 0 Å². The summed E-state index contributed by atoms with van der Waals surface area (Å²) < 4.78 is 14.2. The highest BCUT2D eigenvalue weighted by Crippen LogP contribution is 2.39. The molecule has 0 spiro atoms. The Kier molecular flexibility index (Phi) is 4.96. The number of carbonyl (C=O) groups is 2. The van der Waals surface area contributed by atoms with Gasteiger partial charge in [0.05, 0.1) is 11.1 Å². The molecule has 0 bridgehead atoms. The molecule has 2 amide bonds. The number of amides is 2. The molecule has 0 saturated heterocycles. The van der Waals surface area contributed by atoms with Crippen molar-refractivity contribution in [1.82, 2.24) is 5.32 Å². The number of hydrogen-bond donors (Lipinski definition) is 3. The summed E-state index contributed by atoms with van der Waals surface area (Å²) in [4.78, 5) is 23.8. The van der Waals surface area contributed by atoms with Gasteiger partial charge in [-0.2, -0.15) is 0 Å². The second kappa shape index (κ2) is 6.45. The van der Waals surface area contributed by atoms with Gasteiger partial charge in [-0.3, -0.25) is 9.59 Å². The molecule has 7 heteroatoms. The number of halogens is 2. The number of nitrogens with two attached hydrogens (primary N) is 1. The van der Waals surface area contributed by atoms with E-state index < -0.39 is 17.3 Å². The summed E-state index contributed by atoms with van der Waals surface area (Å²) in [6.07, 6.45) is 2.93. The van der Waals surface area contributed by atoms with Gasteiger partial charge in [-0.15, -0.1) is 12.4 Å². The van der Waals surface area contributed by atoms with Crippen molar-refractivity contribution in [2.45, 2.75) is 38.1 Å². The van der Waals surface area contributed by atoms with Gasteiger partial charge >= 0.3 is 0 Å². The Morgan fingerprint density at radius 2 is 2.13 bits per heavy atom. The molecular formula is C16H21ClFN3O2. The number of rotatable bonds is 4. The number of fused-ring (bicyclic) bond motifs is 1. The minimum atomic E-state index is -0.631. The second-order valence-electron chi connectivity index (χ2n) is 6.39. The quantitative estimate of drug-likeness (QED) is 0.783. The molecule has 1 fully saturated rings. The first kappa shape index (κ1) is 17.7. The zero-order valence-corrected chi connectivity index (χ0v) is 13.8. The zero-order chi connectivity index (χ0) is 15.9. The SMILES string of the molecule is CC(CN)(NC(=O)c1cc2c(cc1F)NC(=O)CC2)C1CC1.Cl. The first-order valence-electron chi connectivity index (χ1n) is 7.58. The number of carbonyl (C=O) groups excluding carboxylic acids is 2. The van der Waals surface area contributed by atoms with E-state index in [0.717, 1.165) is 18.4 Å². The number of anilines is 1. The van der Waals surface area contributed by atoms with Crippen LogP contribution in [-0.4, -0.2) is 23.9 Å². The van der Waals surface area contributed by atoms with Crippen molar-refractivity contribution in [3.05, 3.63) is 29.1 Å². The second-order valence-corrected chi connectivity index (χ2v) is 6.39. The average Bonchev–Trinajstić information content (AvgIpc) is 3.31. The average molecular weight is 342 g/mol. The fourth-order valence-electron chi connectivity index (χ4n) is 2.94. The van der Waals surface area contributed by atoms with E-state index in [2.05, 4.69) is 10.6 Å². The first-order valence-corrected chi connectivity index (χ1v) is 7.58. The predicted molar refractivity (Wildman–Crippen MR) is 88.2 cm³/mol. The summed E-state index contributed by atoms with van der Waals surface area (Å²) in [5.41, 5.74) is 6.54. The van der Waals surface area contributed by atoms with Crippen LogP contribution in [0.4, 0.5) is 10.1 Å². The summed E-state index contributed by atoms with van der Waals surface area (Å²) >= 11 is 0. The third-order valence-corrected chi connectivity index (χ3v) is 4.63. The third-order valence-electron chi connectivity index (χ3n) is 4.63. The maximum absolute atomic E-state index is 14.2. The predicted octanol–water partition coefficient (Wildman–Crippen LogP) is 1.99. The molecule has 1 atom stereocenters. The molecule has 23 heavy (non-hydrogen) atoms. The van der Waals surface area contributed by atoms with E-state index in [0.29, 0.717) is 31.0 Å². The summed E-state index contributed by atoms with van der Waals surface area (Å²) in [7, 11) is 0. The van der Waals surface area contributed by atoms with Crippen molar-refractivity contribution < 1.29 is 14.0 Å². The lowest BCUT2D eigenvalue weighted by Crippen LogP contribution is -2.53. The normalized spacial score (nSPS) is 19.0. The van der Waals surface area contributed by atoms with Crippen LogP contribution in [0.1, 0.15) is 42.1 Å². The fraction of sp³-hybridized carbons (Fsp3) is 0.500. The molecule has 2 aliphatic rings. The van der Waals surface area contributed by atoms with Crippen LogP contribution in [0.3, 0.4) is 0 Å². The molecule has 3 rings (SSSR count). The smallest absolute Gasteiger partial charge is 0.254 e. The molecule has 1 aliphatic carbocycles. The van der Waals surface area contributed by atoms with Crippen LogP contribution in [0, 0.1) is 11.7 Å². The van der Waals surface area contributed by atoms with Crippen molar-refractivity contribution in [1.29, 1.82) is 0 Å². The highest BCUT2D eigenvalue weighted by Gasteiger charge is 2.42. The maximum Gasteiger partial charge on any atom is 0.254 e. The summed E-state index contributed by atoms with van der Waals surface area (Å²) in [6.45, 7) is 2.23. The van der Waals surface area contributed by atoms with Crippen LogP contribution in [0.5, 0.6) is 0 Å². The van der Waals surface area contributed by atoms with E-state index in [-0.39, 0.29) is 23.9 Å². The Labute approximate surface area is 140 Å². The van der Waals surface area contributed by atoms with Crippen LogP contribution in [0.15, 0.2) is 12.1 Å². The molecular weight excluding hydrogens is 321 g/mol. The van der Waals surface area contributed by atoms with Gasteiger partial charge in [0.25, 0.3) is 5.91 Å². The van der Waals surface area contributed by atoms with Crippen LogP contribution in [0.2, 0.25) is 0 Å². The molecule has 1 aliphatic heterocycles. The van der Waals surface area contributed by atoms with E-state index >= 15 is 0 Å². The topological polar surface area (TPSA) is 84.2 Å². The standard InChI is InChI=1S/C16H20FN3O2.ClH/c1-16(8-18,10-3-4-10)20-15(22)11-6-9-2-5-14(21)19-13(9)7-12(11)17;/h6-7,10H,2-5,8,18H2,1H3,(H,19,21)(H,20,22);1H. The fourth-order valence-corrected chi connectivity index (χ4v) is 2.94. The number of hydrogen-bond acceptors (Lipinski definition) is 3. The van der Waals surface area contributed by atoms with E-state index in [1.807, 2.05) is 6.92 Å². The summed E-state index contributed by atoms with van der Waals surface area (Å²) in [6, 6.07) is 2.75. The molecule has 5 nitrogen and oxygen atoms in total. The number of nitrogens with one attached hydrogen (secondary N) is 2. The Bertz CT molecular complexity index is 648. The molecule has 0 aromatic heterocycles. The van der Waals surface area contributed by atoms with E-state index in [4.69, 9.17) is 5.73 Å². The molecule has 1 aromatic rings. The van der Waals surface area contributed by atoms with Crippen LogP contribution < -0.4 is 16.4 Å². The lowest BCUT2D eigenvalue weighted by Gasteiger charge is -2.30. The van der Waals surface area contributed by atoms with Crippen molar-refractivity contribution in [3.8, 4) is 0 Å². The number of aryl methyl sites for hydroxylation is 1. The Morgan fingerprint density at radius 3 is 2.74 bits per heavy atom. The molecule has 1 heterocycles. The van der Waals surface area contributed by atoms with Gasteiger partial charge in [-0.25, -0.2) is 4.39 Å². The zero-order valence-electron chi connectivity index (χ0n) is 12.9. The van der Waals surface area contributed by atoms with Gasteiger partial charge in [-0.05, 0) is 49.8 Å². The van der Waals surface area contributed by atoms with Crippen LogP contribution >= 0.6 is 12.4 Å². The molecule has 1 unspecified atom stereocenters. The van der Waals surface area contributed by atoms with Crippen molar-refractivity contribution in [2.24, 2.45) is 11.7 Å². The third kappa shape index (κ3) is 3.48. The Balaban J connectivity index is 0.00000192. The minimum absolute atomic E-state index is 0. The monoisotopic (exact) mass is 341 g/mol. The van der Waals surface area contributed by atoms with Gasteiger partial charge < -0.3 is 16.4 Å². The van der Waals surface area contributed by atoms with Gasteiger partial charge in [0, 0.05) is 18.7 Å². The summed E-state index contributed by atoms with van der Waals surface area (Å²) in [5, 5.41) is 5.51.